The number of methoxy groups -OCH3 is 1. The molecule has 1 aromatic heterocycles. The van der Waals surface area contributed by atoms with Crippen molar-refractivity contribution in [1.29, 1.82) is 0 Å². The zero-order valence-corrected chi connectivity index (χ0v) is 22.8. The number of carbonyl (C=O) groups is 1. The van der Waals surface area contributed by atoms with Crippen LogP contribution < -0.4 is 9.47 Å². The van der Waals surface area contributed by atoms with E-state index >= 15 is 0 Å². The van der Waals surface area contributed by atoms with Crippen molar-refractivity contribution in [1.82, 2.24) is 19.8 Å². The Kier molecular flexibility index (Phi) is 9.57. The van der Waals surface area contributed by atoms with Crippen LogP contribution in [0.15, 0.2) is 48.7 Å². The number of benzene rings is 2. The lowest BCUT2D eigenvalue weighted by Crippen LogP contribution is -2.38. The highest BCUT2D eigenvalue weighted by molar-refractivity contribution is 5.99. The topological polar surface area (TPSA) is 77.0 Å². The van der Waals surface area contributed by atoms with Gasteiger partial charge < -0.3 is 19.1 Å². The van der Waals surface area contributed by atoms with E-state index in [1.54, 1.807) is 24.3 Å². The van der Waals surface area contributed by atoms with Gasteiger partial charge in [-0.25, -0.2) is 4.98 Å². The van der Waals surface area contributed by atoms with Crippen LogP contribution in [0.5, 0.6) is 11.8 Å². The van der Waals surface area contributed by atoms with Crippen molar-refractivity contribution in [3.8, 4) is 22.9 Å². The molecule has 1 saturated heterocycles. The molecule has 1 fully saturated rings. The number of rotatable bonds is 9. The number of morpholine rings is 1. The van der Waals surface area contributed by atoms with Gasteiger partial charge in [0.2, 0.25) is 0 Å². The van der Waals surface area contributed by atoms with Gasteiger partial charge in [0, 0.05) is 50.6 Å². The quantitative estimate of drug-likeness (QED) is 0.315. The van der Waals surface area contributed by atoms with Crippen LogP contribution in [0, 0.1) is 0 Å². The number of para-hydroxylation sites is 1. The first-order valence-electron chi connectivity index (χ1n) is 12.8. The van der Waals surface area contributed by atoms with Crippen LogP contribution in [-0.4, -0.2) is 79.3 Å². The SMILES string of the molecule is COc1ccccc1-c1cnc(OCCN2CCOCC2)nc1C(=O)N(C)Cc1cc(C(F)(F)F)cc(C(F)(F)F)c1. The van der Waals surface area contributed by atoms with E-state index in [4.69, 9.17) is 14.2 Å². The third-order valence-corrected chi connectivity index (χ3v) is 6.52. The van der Waals surface area contributed by atoms with Gasteiger partial charge in [0.05, 0.1) is 31.5 Å². The fourth-order valence-electron chi connectivity index (χ4n) is 4.39. The summed E-state index contributed by atoms with van der Waals surface area (Å²) in [6, 6.07) is 7.82. The Labute approximate surface area is 237 Å². The van der Waals surface area contributed by atoms with E-state index in [1.165, 1.54) is 20.4 Å². The molecular formula is C28H28F6N4O4. The standard InChI is InChI=1S/C28H28F6N4O4/c1-37(17-18-13-19(27(29,30)31)15-20(14-18)28(32,33)34)25(39)24-22(21-5-3-4-6-23(21)40-2)16-35-26(36-24)42-12-9-38-7-10-41-11-8-38/h3-6,13-16H,7-12,17H2,1-2H3. The summed E-state index contributed by atoms with van der Waals surface area (Å²) in [6.45, 7) is 2.88. The van der Waals surface area contributed by atoms with Crippen LogP contribution in [-0.2, 0) is 23.6 Å². The molecular weight excluding hydrogens is 570 g/mol. The van der Waals surface area contributed by atoms with E-state index in [0.29, 0.717) is 43.2 Å². The first kappa shape index (κ1) is 31.0. The smallest absolute Gasteiger partial charge is 0.416 e. The third kappa shape index (κ3) is 7.68. The number of amides is 1. The normalized spacial score (nSPS) is 14.5. The fourth-order valence-corrected chi connectivity index (χ4v) is 4.39. The molecule has 42 heavy (non-hydrogen) atoms. The second-order valence-electron chi connectivity index (χ2n) is 9.49. The Hall–Kier alpha value is -3.91. The number of hydrogen-bond acceptors (Lipinski definition) is 7. The predicted octanol–water partition coefficient (Wildman–Crippen LogP) is 5.17. The van der Waals surface area contributed by atoms with Crippen LogP contribution in [0.25, 0.3) is 11.1 Å². The van der Waals surface area contributed by atoms with Crippen LogP contribution in [0.2, 0.25) is 0 Å². The average Bonchev–Trinajstić information content (AvgIpc) is 2.96. The minimum atomic E-state index is -5.02. The third-order valence-electron chi connectivity index (χ3n) is 6.52. The van der Waals surface area contributed by atoms with Gasteiger partial charge in [-0.15, -0.1) is 0 Å². The summed E-state index contributed by atoms with van der Waals surface area (Å²) in [5.41, 5.74) is -2.77. The maximum absolute atomic E-state index is 13.7. The highest BCUT2D eigenvalue weighted by atomic mass is 19.4. The van der Waals surface area contributed by atoms with Crippen molar-refractivity contribution in [2.45, 2.75) is 18.9 Å². The molecule has 4 rings (SSSR count). The van der Waals surface area contributed by atoms with E-state index in [0.717, 1.165) is 18.0 Å². The lowest BCUT2D eigenvalue weighted by Gasteiger charge is -2.26. The van der Waals surface area contributed by atoms with Crippen LogP contribution in [0.4, 0.5) is 26.3 Å². The van der Waals surface area contributed by atoms with Gasteiger partial charge in [-0.3, -0.25) is 9.69 Å². The lowest BCUT2D eigenvalue weighted by molar-refractivity contribution is -0.143. The second-order valence-corrected chi connectivity index (χ2v) is 9.49. The second kappa shape index (κ2) is 12.9. The summed E-state index contributed by atoms with van der Waals surface area (Å²) < 4.78 is 96.7. The van der Waals surface area contributed by atoms with Gasteiger partial charge in [-0.05, 0) is 29.8 Å². The van der Waals surface area contributed by atoms with Crippen molar-refractivity contribution >= 4 is 5.91 Å². The van der Waals surface area contributed by atoms with Gasteiger partial charge in [0.15, 0.2) is 0 Å². The van der Waals surface area contributed by atoms with Gasteiger partial charge in [0.25, 0.3) is 5.91 Å². The van der Waals surface area contributed by atoms with Gasteiger partial charge in [0.1, 0.15) is 18.1 Å². The summed E-state index contributed by atoms with van der Waals surface area (Å²) in [6.07, 6.45) is -8.67. The van der Waals surface area contributed by atoms with Crippen molar-refractivity contribution in [3.05, 3.63) is 71.0 Å². The van der Waals surface area contributed by atoms with Gasteiger partial charge >= 0.3 is 18.4 Å². The Balaban J connectivity index is 1.64. The van der Waals surface area contributed by atoms with E-state index in [-0.39, 0.29) is 35.5 Å². The van der Waals surface area contributed by atoms with Crippen LogP contribution >= 0.6 is 0 Å². The fraction of sp³-hybridized carbons (Fsp3) is 0.393. The summed E-state index contributed by atoms with van der Waals surface area (Å²) in [5.74, 6) is -0.381. The maximum Gasteiger partial charge on any atom is 0.416 e. The lowest BCUT2D eigenvalue weighted by atomic mass is 10.0. The molecule has 226 valence electrons. The van der Waals surface area contributed by atoms with Crippen LogP contribution in [0.1, 0.15) is 27.2 Å². The van der Waals surface area contributed by atoms with E-state index in [2.05, 4.69) is 14.9 Å². The molecule has 1 aliphatic heterocycles. The molecule has 0 saturated carbocycles. The number of nitrogens with zero attached hydrogens (tertiary/aromatic N) is 4. The Morgan fingerprint density at radius 3 is 2.26 bits per heavy atom. The summed E-state index contributed by atoms with van der Waals surface area (Å²) in [7, 11) is 2.69. The zero-order valence-electron chi connectivity index (χ0n) is 22.8. The first-order chi connectivity index (χ1) is 19.9. The summed E-state index contributed by atoms with van der Waals surface area (Å²) in [4.78, 5) is 25.3. The van der Waals surface area contributed by atoms with Crippen molar-refractivity contribution < 1.29 is 45.3 Å². The Morgan fingerprint density at radius 2 is 1.64 bits per heavy atom. The predicted molar refractivity (Wildman–Crippen MR) is 139 cm³/mol. The highest BCUT2D eigenvalue weighted by Crippen LogP contribution is 2.37. The Bertz CT molecular complexity index is 1360. The molecule has 0 spiro atoms. The van der Waals surface area contributed by atoms with Crippen molar-refractivity contribution in [3.63, 3.8) is 0 Å². The highest BCUT2D eigenvalue weighted by Gasteiger charge is 2.37. The molecule has 2 heterocycles. The van der Waals surface area contributed by atoms with Crippen molar-refractivity contribution in [2.75, 3.05) is 53.6 Å². The zero-order chi connectivity index (χ0) is 30.5. The summed E-state index contributed by atoms with van der Waals surface area (Å²) in [5, 5.41) is 0. The molecule has 0 N–H and O–H groups in total. The molecule has 2 aromatic carbocycles. The first-order valence-corrected chi connectivity index (χ1v) is 12.8. The van der Waals surface area contributed by atoms with Gasteiger partial charge in [-0.2, -0.15) is 31.3 Å². The molecule has 0 aliphatic carbocycles. The molecule has 0 atom stereocenters. The molecule has 0 radical (unpaired) electrons. The molecule has 0 unspecified atom stereocenters. The number of hydrogen-bond donors (Lipinski definition) is 0. The average molecular weight is 599 g/mol. The van der Waals surface area contributed by atoms with E-state index < -0.39 is 35.9 Å². The largest absolute Gasteiger partial charge is 0.496 e. The Morgan fingerprint density at radius 1 is 1.00 bits per heavy atom. The number of halogens is 6. The number of alkyl halides is 6. The van der Waals surface area contributed by atoms with Crippen LogP contribution in [0.3, 0.4) is 0 Å². The maximum atomic E-state index is 13.7. The minimum Gasteiger partial charge on any atom is -0.496 e. The molecule has 3 aromatic rings. The molecule has 0 bridgehead atoms. The summed E-state index contributed by atoms with van der Waals surface area (Å²) >= 11 is 0. The number of aromatic nitrogens is 2. The van der Waals surface area contributed by atoms with Gasteiger partial charge in [-0.1, -0.05) is 18.2 Å². The molecule has 1 amide bonds. The molecule has 1 aliphatic rings. The van der Waals surface area contributed by atoms with Crippen molar-refractivity contribution in [2.24, 2.45) is 0 Å². The monoisotopic (exact) mass is 598 g/mol. The number of carbonyl (C=O) groups excluding carboxylic acids is 1. The molecule has 14 heteroatoms. The number of ether oxygens (including phenoxy) is 3. The molecule has 8 nitrogen and oxygen atoms in total. The van der Waals surface area contributed by atoms with E-state index in [9.17, 15) is 31.1 Å². The van der Waals surface area contributed by atoms with E-state index in [1.807, 2.05) is 0 Å². The minimum absolute atomic E-state index is 0.0378.